The molecule has 11 heavy (non-hydrogen) atoms. The van der Waals surface area contributed by atoms with Crippen LogP contribution in [0.3, 0.4) is 0 Å². The van der Waals surface area contributed by atoms with Crippen molar-refractivity contribution in [2.45, 2.75) is 25.9 Å². The van der Waals surface area contributed by atoms with Crippen molar-refractivity contribution in [1.29, 1.82) is 0 Å². The Labute approximate surface area is 65.5 Å². The van der Waals surface area contributed by atoms with Crippen molar-refractivity contribution in [3.63, 3.8) is 0 Å². The highest BCUT2D eigenvalue weighted by molar-refractivity contribution is 5.70. The Morgan fingerprint density at radius 2 is 2.55 bits per heavy atom. The lowest BCUT2D eigenvalue weighted by Crippen LogP contribution is -2.38. The third-order valence-corrected chi connectivity index (χ3v) is 1.95. The van der Waals surface area contributed by atoms with E-state index in [-0.39, 0.29) is 6.10 Å². The highest BCUT2D eigenvalue weighted by atomic mass is 16.7. The van der Waals surface area contributed by atoms with Crippen molar-refractivity contribution in [3.8, 4) is 0 Å². The molecule has 1 aliphatic heterocycles. The van der Waals surface area contributed by atoms with Gasteiger partial charge in [-0.25, -0.2) is 5.48 Å². The van der Waals surface area contributed by atoms with Gasteiger partial charge in [0.25, 0.3) is 0 Å². The number of carboxylic acid groups (broad SMARTS) is 1. The monoisotopic (exact) mass is 159 g/mol. The van der Waals surface area contributed by atoms with Crippen LogP contribution in [0.15, 0.2) is 0 Å². The van der Waals surface area contributed by atoms with Crippen molar-refractivity contribution in [2.75, 3.05) is 6.54 Å². The molecule has 1 aliphatic rings. The zero-order valence-corrected chi connectivity index (χ0v) is 6.54. The van der Waals surface area contributed by atoms with E-state index < -0.39 is 11.9 Å². The van der Waals surface area contributed by atoms with Gasteiger partial charge in [-0.05, 0) is 19.8 Å². The Hall–Kier alpha value is -0.610. The summed E-state index contributed by atoms with van der Waals surface area (Å²) in [4.78, 5) is 15.6. The van der Waals surface area contributed by atoms with E-state index in [0.29, 0.717) is 0 Å². The van der Waals surface area contributed by atoms with E-state index in [9.17, 15) is 4.79 Å². The maximum Gasteiger partial charge on any atom is 0.308 e. The number of hydrogen-bond acceptors (Lipinski definition) is 3. The maximum atomic E-state index is 10.5. The van der Waals surface area contributed by atoms with Crippen LogP contribution in [0.5, 0.6) is 0 Å². The van der Waals surface area contributed by atoms with Crippen LogP contribution in [0.2, 0.25) is 0 Å². The van der Waals surface area contributed by atoms with E-state index in [1.807, 2.05) is 0 Å². The Morgan fingerprint density at radius 1 is 1.82 bits per heavy atom. The topological polar surface area (TPSA) is 58.6 Å². The summed E-state index contributed by atoms with van der Waals surface area (Å²) in [6.07, 6.45) is 1.66. The average Bonchev–Trinajstić information content (AvgIpc) is 2.05. The quantitative estimate of drug-likeness (QED) is 0.612. The Bertz CT molecular complexity index is 143. The Kier molecular flexibility index (Phi) is 2.84. The van der Waals surface area contributed by atoms with Gasteiger partial charge in [0.1, 0.15) is 0 Å². The van der Waals surface area contributed by atoms with Gasteiger partial charge in [0.15, 0.2) is 0 Å². The van der Waals surface area contributed by atoms with E-state index in [1.165, 1.54) is 0 Å². The molecule has 1 rings (SSSR count). The summed E-state index contributed by atoms with van der Waals surface area (Å²) in [5.74, 6) is -1.21. The van der Waals surface area contributed by atoms with Gasteiger partial charge in [-0.1, -0.05) is 0 Å². The fraction of sp³-hybridized carbons (Fsp3) is 0.857. The van der Waals surface area contributed by atoms with Crippen LogP contribution in [0.25, 0.3) is 0 Å². The van der Waals surface area contributed by atoms with Crippen LogP contribution in [0.4, 0.5) is 0 Å². The van der Waals surface area contributed by atoms with Crippen LogP contribution in [0, 0.1) is 5.92 Å². The lowest BCUT2D eigenvalue weighted by molar-refractivity contribution is -0.152. The molecule has 0 bridgehead atoms. The van der Waals surface area contributed by atoms with E-state index >= 15 is 0 Å². The third-order valence-electron chi connectivity index (χ3n) is 1.95. The van der Waals surface area contributed by atoms with Gasteiger partial charge in [0.2, 0.25) is 0 Å². The molecule has 0 aromatic rings. The van der Waals surface area contributed by atoms with Crippen molar-refractivity contribution in [2.24, 2.45) is 5.92 Å². The SMILES string of the molecule is CC(C(=O)O)C1CCCNO1. The van der Waals surface area contributed by atoms with E-state index in [4.69, 9.17) is 9.94 Å². The standard InChI is InChI=1S/C7H13NO3/c1-5(7(9)10)6-3-2-4-8-11-6/h5-6,8H,2-4H2,1H3,(H,9,10). The molecule has 2 N–H and O–H groups in total. The molecule has 0 saturated carbocycles. The molecule has 2 atom stereocenters. The zero-order chi connectivity index (χ0) is 8.27. The number of aliphatic carboxylic acids is 1. The molecule has 1 heterocycles. The van der Waals surface area contributed by atoms with Gasteiger partial charge >= 0.3 is 5.97 Å². The van der Waals surface area contributed by atoms with Crippen LogP contribution < -0.4 is 5.48 Å². The van der Waals surface area contributed by atoms with E-state index in [0.717, 1.165) is 19.4 Å². The van der Waals surface area contributed by atoms with Gasteiger partial charge in [-0.15, -0.1) is 0 Å². The first-order valence-corrected chi connectivity index (χ1v) is 3.83. The molecule has 64 valence electrons. The van der Waals surface area contributed by atoms with Gasteiger partial charge in [0, 0.05) is 6.54 Å². The summed E-state index contributed by atoms with van der Waals surface area (Å²) in [6.45, 7) is 2.49. The fourth-order valence-corrected chi connectivity index (χ4v) is 1.11. The molecule has 0 aromatic carbocycles. The van der Waals surface area contributed by atoms with Crippen LogP contribution in [-0.2, 0) is 9.63 Å². The molecule has 4 heteroatoms. The summed E-state index contributed by atoms with van der Waals surface area (Å²) >= 11 is 0. The van der Waals surface area contributed by atoms with Gasteiger partial charge in [0.05, 0.1) is 12.0 Å². The first-order valence-electron chi connectivity index (χ1n) is 3.83. The third kappa shape index (κ3) is 2.17. The minimum atomic E-state index is -0.793. The van der Waals surface area contributed by atoms with Crippen molar-refractivity contribution < 1.29 is 14.7 Å². The lowest BCUT2D eigenvalue weighted by atomic mass is 10.00. The molecular weight excluding hydrogens is 146 g/mol. The van der Waals surface area contributed by atoms with Crippen molar-refractivity contribution >= 4 is 5.97 Å². The summed E-state index contributed by atoms with van der Waals surface area (Å²) in [6, 6.07) is 0. The molecule has 1 saturated heterocycles. The van der Waals surface area contributed by atoms with Crippen LogP contribution in [-0.4, -0.2) is 23.7 Å². The maximum absolute atomic E-state index is 10.5. The second-order valence-corrected chi connectivity index (χ2v) is 2.82. The summed E-state index contributed by atoms with van der Waals surface area (Å²) in [7, 11) is 0. The molecule has 0 radical (unpaired) electrons. The molecule has 4 nitrogen and oxygen atoms in total. The number of carbonyl (C=O) groups is 1. The van der Waals surface area contributed by atoms with E-state index in [2.05, 4.69) is 5.48 Å². The number of rotatable bonds is 2. The lowest BCUT2D eigenvalue weighted by Gasteiger charge is -2.25. The fourth-order valence-electron chi connectivity index (χ4n) is 1.11. The van der Waals surface area contributed by atoms with Crippen molar-refractivity contribution in [1.82, 2.24) is 5.48 Å². The second-order valence-electron chi connectivity index (χ2n) is 2.82. The smallest absolute Gasteiger partial charge is 0.308 e. The van der Waals surface area contributed by atoms with Gasteiger partial charge < -0.3 is 5.11 Å². The minimum Gasteiger partial charge on any atom is -0.481 e. The van der Waals surface area contributed by atoms with Crippen molar-refractivity contribution in [3.05, 3.63) is 0 Å². The first kappa shape index (κ1) is 8.49. The Balaban J connectivity index is 2.38. The molecule has 1 fully saturated rings. The summed E-state index contributed by atoms with van der Waals surface area (Å²) in [5.41, 5.74) is 2.71. The first-order chi connectivity index (χ1) is 5.22. The molecule has 0 aromatic heterocycles. The normalized spacial score (nSPS) is 27.9. The molecule has 0 spiro atoms. The Morgan fingerprint density at radius 3 is 3.00 bits per heavy atom. The molecule has 2 unspecified atom stereocenters. The molecule has 0 amide bonds. The summed E-state index contributed by atoms with van der Waals surface area (Å²) < 4.78 is 0. The van der Waals surface area contributed by atoms with Crippen LogP contribution in [0.1, 0.15) is 19.8 Å². The minimum absolute atomic E-state index is 0.166. The predicted octanol–water partition coefficient (Wildman–Crippen LogP) is 0.391. The highest BCUT2D eigenvalue weighted by Gasteiger charge is 2.26. The number of carboxylic acids is 1. The van der Waals surface area contributed by atoms with Crippen LogP contribution >= 0.6 is 0 Å². The van der Waals surface area contributed by atoms with E-state index in [1.54, 1.807) is 6.92 Å². The second kappa shape index (κ2) is 3.69. The highest BCUT2D eigenvalue weighted by Crippen LogP contribution is 2.15. The molecule has 0 aliphatic carbocycles. The van der Waals surface area contributed by atoms with Gasteiger partial charge in [-0.2, -0.15) is 0 Å². The predicted molar refractivity (Wildman–Crippen MR) is 38.9 cm³/mol. The number of hydrogen-bond donors (Lipinski definition) is 2. The largest absolute Gasteiger partial charge is 0.481 e. The number of hydroxylamine groups is 1. The average molecular weight is 159 g/mol. The molecular formula is C7H13NO3. The number of nitrogens with one attached hydrogen (secondary N) is 1. The zero-order valence-electron chi connectivity index (χ0n) is 6.54. The summed E-state index contributed by atoms with van der Waals surface area (Å²) in [5, 5.41) is 8.63. The van der Waals surface area contributed by atoms with Gasteiger partial charge in [-0.3, -0.25) is 9.63 Å².